The highest BCUT2D eigenvalue weighted by Gasteiger charge is 2.18. The lowest BCUT2D eigenvalue weighted by Crippen LogP contribution is -2.20. The van der Waals surface area contributed by atoms with Gasteiger partial charge in [-0.2, -0.15) is 11.8 Å². The summed E-state index contributed by atoms with van der Waals surface area (Å²) >= 11 is 1.60. The van der Waals surface area contributed by atoms with Gasteiger partial charge < -0.3 is 9.47 Å². The number of ether oxygens (including phenoxy) is 2. The topological polar surface area (TPSA) is 52.6 Å². The van der Waals surface area contributed by atoms with Gasteiger partial charge in [-0.15, -0.1) is 0 Å². The standard InChI is InChI=1S/C16H30O4S/c1-5-7-9-19-15(17)13(3)11-21-12-14(4)16(18)20-10-8-6-2/h13-14H,5-12H2,1-4H3. The molecule has 5 heteroatoms. The molecular weight excluding hydrogens is 288 g/mol. The lowest BCUT2D eigenvalue weighted by molar-refractivity contribution is -0.147. The second-order valence-corrected chi connectivity index (χ2v) is 6.46. The predicted octanol–water partition coefficient (Wildman–Crippen LogP) is 3.68. The third kappa shape index (κ3) is 10.6. The number of unbranched alkanes of at least 4 members (excludes halogenated alkanes) is 2. The monoisotopic (exact) mass is 318 g/mol. The summed E-state index contributed by atoms with van der Waals surface area (Å²) in [7, 11) is 0. The number of carbonyl (C=O) groups excluding carboxylic acids is 2. The largest absolute Gasteiger partial charge is 0.465 e. The molecule has 0 N–H and O–H groups in total. The number of esters is 2. The number of hydrogen-bond donors (Lipinski definition) is 0. The molecule has 0 fully saturated rings. The minimum absolute atomic E-state index is 0.129. The van der Waals surface area contributed by atoms with Gasteiger partial charge in [0, 0.05) is 11.5 Å². The quantitative estimate of drug-likeness (QED) is 0.406. The Morgan fingerprint density at radius 2 is 1.24 bits per heavy atom. The molecule has 0 rings (SSSR count). The summed E-state index contributed by atoms with van der Waals surface area (Å²) in [6, 6.07) is 0. The minimum Gasteiger partial charge on any atom is -0.465 e. The average molecular weight is 318 g/mol. The molecule has 0 spiro atoms. The predicted molar refractivity (Wildman–Crippen MR) is 87.4 cm³/mol. The summed E-state index contributed by atoms with van der Waals surface area (Å²) in [5.41, 5.74) is 0. The summed E-state index contributed by atoms with van der Waals surface area (Å²) < 4.78 is 10.3. The first-order valence-corrected chi connectivity index (χ1v) is 9.09. The van der Waals surface area contributed by atoms with E-state index < -0.39 is 0 Å². The molecule has 0 heterocycles. The highest BCUT2D eigenvalue weighted by atomic mass is 32.2. The molecule has 0 aliphatic heterocycles. The molecule has 0 aliphatic carbocycles. The zero-order valence-corrected chi connectivity index (χ0v) is 14.7. The zero-order valence-electron chi connectivity index (χ0n) is 13.9. The van der Waals surface area contributed by atoms with Crippen molar-refractivity contribution in [3.8, 4) is 0 Å². The second kappa shape index (κ2) is 13.0. The Balaban J connectivity index is 3.75. The van der Waals surface area contributed by atoms with Crippen LogP contribution in [0.1, 0.15) is 53.4 Å². The van der Waals surface area contributed by atoms with Gasteiger partial charge in [-0.3, -0.25) is 9.59 Å². The fraction of sp³-hybridized carbons (Fsp3) is 0.875. The van der Waals surface area contributed by atoms with Crippen LogP contribution in [-0.2, 0) is 19.1 Å². The van der Waals surface area contributed by atoms with Crippen molar-refractivity contribution in [1.29, 1.82) is 0 Å². The number of hydrogen-bond acceptors (Lipinski definition) is 5. The molecule has 0 radical (unpaired) electrons. The second-order valence-electron chi connectivity index (χ2n) is 5.38. The molecule has 21 heavy (non-hydrogen) atoms. The van der Waals surface area contributed by atoms with Crippen LogP contribution in [0.4, 0.5) is 0 Å². The Labute approximate surface area is 133 Å². The normalized spacial score (nSPS) is 13.5. The fourth-order valence-electron chi connectivity index (χ4n) is 1.48. The molecule has 0 aromatic carbocycles. The van der Waals surface area contributed by atoms with Crippen LogP contribution in [0.5, 0.6) is 0 Å². The third-order valence-corrected chi connectivity index (χ3v) is 4.50. The molecule has 0 aromatic heterocycles. The van der Waals surface area contributed by atoms with Crippen LogP contribution in [0.15, 0.2) is 0 Å². The van der Waals surface area contributed by atoms with Crippen LogP contribution in [0.3, 0.4) is 0 Å². The summed E-state index contributed by atoms with van der Waals surface area (Å²) in [6.07, 6.45) is 3.86. The molecule has 0 aromatic rings. The van der Waals surface area contributed by atoms with E-state index in [1.54, 1.807) is 11.8 Å². The minimum atomic E-state index is -0.144. The number of rotatable bonds is 12. The van der Waals surface area contributed by atoms with Crippen LogP contribution in [0, 0.1) is 11.8 Å². The maximum Gasteiger partial charge on any atom is 0.309 e. The smallest absolute Gasteiger partial charge is 0.309 e. The fourth-order valence-corrected chi connectivity index (χ4v) is 2.59. The first-order valence-electron chi connectivity index (χ1n) is 7.93. The van der Waals surface area contributed by atoms with Crippen molar-refractivity contribution in [2.75, 3.05) is 24.7 Å². The van der Waals surface area contributed by atoms with Gasteiger partial charge in [0.1, 0.15) is 0 Å². The zero-order chi connectivity index (χ0) is 16.1. The molecule has 0 amide bonds. The molecule has 0 saturated carbocycles. The van der Waals surface area contributed by atoms with E-state index in [4.69, 9.17) is 9.47 Å². The van der Waals surface area contributed by atoms with Crippen molar-refractivity contribution in [1.82, 2.24) is 0 Å². The van der Waals surface area contributed by atoms with Gasteiger partial charge in [-0.1, -0.05) is 40.5 Å². The van der Waals surface area contributed by atoms with E-state index in [0.29, 0.717) is 24.7 Å². The van der Waals surface area contributed by atoms with Crippen LogP contribution in [0.2, 0.25) is 0 Å². The molecule has 2 unspecified atom stereocenters. The van der Waals surface area contributed by atoms with E-state index >= 15 is 0 Å². The van der Waals surface area contributed by atoms with Crippen molar-refractivity contribution in [2.24, 2.45) is 11.8 Å². The molecule has 0 bridgehead atoms. The lowest BCUT2D eigenvalue weighted by Gasteiger charge is -2.13. The van der Waals surface area contributed by atoms with E-state index in [0.717, 1.165) is 25.7 Å². The van der Waals surface area contributed by atoms with Gasteiger partial charge in [0.25, 0.3) is 0 Å². The van der Waals surface area contributed by atoms with Gasteiger partial charge in [0.05, 0.1) is 25.0 Å². The summed E-state index contributed by atoms with van der Waals surface area (Å²) in [4.78, 5) is 23.3. The molecular formula is C16H30O4S. The van der Waals surface area contributed by atoms with Crippen molar-refractivity contribution in [3.05, 3.63) is 0 Å². The van der Waals surface area contributed by atoms with Crippen LogP contribution >= 0.6 is 11.8 Å². The van der Waals surface area contributed by atoms with Crippen molar-refractivity contribution in [2.45, 2.75) is 53.4 Å². The highest BCUT2D eigenvalue weighted by Crippen LogP contribution is 2.15. The Morgan fingerprint density at radius 1 is 0.857 bits per heavy atom. The molecule has 4 nitrogen and oxygen atoms in total. The van der Waals surface area contributed by atoms with Crippen molar-refractivity contribution in [3.63, 3.8) is 0 Å². The SMILES string of the molecule is CCCCOC(=O)C(C)CSCC(C)C(=O)OCCCC. The molecule has 124 valence electrons. The Hall–Kier alpha value is -0.710. The Bertz CT molecular complexity index is 266. The summed E-state index contributed by atoms with van der Waals surface area (Å²) in [5.74, 6) is 0.809. The Morgan fingerprint density at radius 3 is 1.57 bits per heavy atom. The van der Waals surface area contributed by atoms with Gasteiger partial charge in [-0.05, 0) is 12.8 Å². The van der Waals surface area contributed by atoms with Gasteiger partial charge in [0.2, 0.25) is 0 Å². The van der Waals surface area contributed by atoms with Crippen molar-refractivity contribution < 1.29 is 19.1 Å². The number of carbonyl (C=O) groups is 2. The van der Waals surface area contributed by atoms with E-state index in [1.807, 2.05) is 13.8 Å². The lowest BCUT2D eigenvalue weighted by atomic mass is 10.2. The molecule has 2 atom stereocenters. The Kier molecular flexibility index (Phi) is 12.5. The number of thioether (sulfide) groups is 1. The average Bonchev–Trinajstić information content (AvgIpc) is 2.47. The van der Waals surface area contributed by atoms with Gasteiger partial charge >= 0.3 is 11.9 Å². The van der Waals surface area contributed by atoms with Crippen molar-refractivity contribution >= 4 is 23.7 Å². The van der Waals surface area contributed by atoms with E-state index in [1.165, 1.54) is 0 Å². The van der Waals surface area contributed by atoms with Crippen LogP contribution in [-0.4, -0.2) is 36.7 Å². The first kappa shape index (κ1) is 20.3. The van der Waals surface area contributed by atoms with E-state index in [-0.39, 0.29) is 23.8 Å². The molecule has 0 saturated heterocycles. The maximum absolute atomic E-state index is 11.7. The van der Waals surface area contributed by atoms with E-state index in [2.05, 4.69) is 13.8 Å². The highest BCUT2D eigenvalue weighted by molar-refractivity contribution is 7.99. The molecule has 0 aliphatic rings. The van der Waals surface area contributed by atoms with Crippen LogP contribution < -0.4 is 0 Å². The maximum atomic E-state index is 11.7. The summed E-state index contributed by atoms with van der Waals surface area (Å²) in [5, 5.41) is 0. The third-order valence-electron chi connectivity index (χ3n) is 3.02. The summed E-state index contributed by atoms with van der Waals surface area (Å²) in [6.45, 7) is 8.87. The van der Waals surface area contributed by atoms with Crippen LogP contribution in [0.25, 0.3) is 0 Å². The van der Waals surface area contributed by atoms with Gasteiger partial charge in [-0.25, -0.2) is 0 Å². The first-order chi connectivity index (χ1) is 10.0. The van der Waals surface area contributed by atoms with E-state index in [9.17, 15) is 9.59 Å². The van der Waals surface area contributed by atoms with Gasteiger partial charge in [0.15, 0.2) is 0 Å².